The largest absolute Gasteiger partial charge is 0.497 e. The van der Waals surface area contributed by atoms with Crippen LogP contribution in [0, 0.1) is 5.92 Å². The van der Waals surface area contributed by atoms with Crippen molar-refractivity contribution in [3.05, 3.63) is 45.9 Å². The zero-order valence-corrected chi connectivity index (χ0v) is 17.3. The third-order valence-corrected chi connectivity index (χ3v) is 6.08. The predicted molar refractivity (Wildman–Crippen MR) is 108 cm³/mol. The van der Waals surface area contributed by atoms with Gasteiger partial charge in [-0.1, -0.05) is 0 Å². The van der Waals surface area contributed by atoms with E-state index in [9.17, 15) is 0 Å². The number of halogens is 1. The Morgan fingerprint density at radius 1 is 1.07 bits per heavy atom. The van der Waals surface area contributed by atoms with Crippen LogP contribution in [-0.2, 0) is 4.74 Å². The molecule has 0 aliphatic carbocycles. The van der Waals surface area contributed by atoms with Crippen molar-refractivity contribution in [2.45, 2.75) is 25.0 Å². The fraction of sp³-hybridized carbons (Fsp3) is 0.429. The number of ether oxygens (including phenoxy) is 4. The zero-order chi connectivity index (χ0) is 19.0. The molecule has 0 aromatic heterocycles. The molecule has 0 saturated carbocycles. The summed E-state index contributed by atoms with van der Waals surface area (Å²) in [7, 11) is 5.01. The summed E-state index contributed by atoms with van der Waals surface area (Å²) in [5.74, 6) is 2.62. The number of methoxy groups -OCH3 is 3. The molecule has 4 rings (SSSR count). The van der Waals surface area contributed by atoms with Crippen LogP contribution in [0.5, 0.6) is 17.2 Å². The summed E-state index contributed by atoms with van der Waals surface area (Å²) in [6.07, 6.45) is 2.22. The minimum absolute atomic E-state index is 0.0574. The molecule has 0 amide bonds. The van der Waals surface area contributed by atoms with Gasteiger partial charge in [0, 0.05) is 23.8 Å². The summed E-state index contributed by atoms with van der Waals surface area (Å²) in [5.41, 5.74) is 3.42. The van der Waals surface area contributed by atoms with Crippen LogP contribution in [0.3, 0.4) is 0 Å². The van der Waals surface area contributed by atoms with Gasteiger partial charge in [-0.3, -0.25) is 0 Å². The van der Waals surface area contributed by atoms with E-state index in [1.54, 1.807) is 21.3 Å². The Morgan fingerprint density at radius 2 is 1.93 bits per heavy atom. The lowest BCUT2D eigenvalue weighted by Gasteiger charge is -2.43. The Morgan fingerprint density at radius 3 is 2.67 bits per heavy atom. The maximum absolute atomic E-state index is 6.23. The van der Waals surface area contributed by atoms with Crippen LogP contribution in [0.15, 0.2) is 34.8 Å². The van der Waals surface area contributed by atoms with Crippen LogP contribution in [0.4, 0.5) is 5.69 Å². The molecule has 2 aromatic rings. The fourth-order valence-electron chi connectivity index (χ4n) is 4.22. The number of hydrogen-bond acceptors (Lipinski definition) is 5. The highest BCUT2D eigenvalue weighted by Crippen LogP contribution is 2.51. The van der Waals surface area contributed by atoms with Gasteiger partial charge in [0.05, 0.1) is 37.9 Å². The van der Waals surface area contributed by atoms with E-state index in [1.165, 1.54) is 5.56 Å². The van der Waals surface area contributed by atoms with E-state index >= 15 is 0 Å². The van der Waals surface area contributed by atoms with Crippen molar-refractivity contribution in [2.24, 2.45) is 5.92 Å². The molecule has 1 saturated heterocycles. The van der Waals surface area contributed by atoms with Crippen LogP contribution in [0.1, 0.15) is 36.1 Å². The van der Waals surface area contributed by atoms with E-state index in [0.29, 0.717) is 11.7 Å². The smallest absolute Gasteiger partial charge is 0.174 e. The maximum Gasteiger partial charge on any atom is 0.174 e. The molecule has 27 heavy (non-hydrogen) atoms. The minimum atomic E-state index is 0.0574. The van der Waals surface area contributed by atoms with Gasteiger partial charge in [0.15, 0.2) is 11.5 Å². The lowest BCUT2D eigenvalue weighted by molar-refractivity contribution is -0.0382. The van der Waals surface area contributed by atoms with E-state index < -0.39 is 0 Å². The number of rotatable bonds is 4. The molecule has 1 N–H and O–H groups in total. The third kappa shape index (κ3) is 3.25. The van der Waals surface area contributed by atoms with Crippen molar-refractivity contribution in [2.75, 3.05) is 33.3 Å². The molecule has 0 bridgehead atoms. The molecule has 2 heterocycles. The van der Waals surface area contributed by atoms with Gasteiger partial charge < -0.3 is 24.3 Å². The Kier molecular flexibility index (Phi) is 5.19. The van der Waals surface area contributed by atoms with Gasteiger partial charge in [0.2, 0.25) is 0 Å². The highest BCUT2D eigenvalue weighted by Gasteiger charge is 2.40. The Hall–Kier alpha value is -1.92. The Labute approximate surface area is 168 Å². The summed E-state index contributed by atoms with van der Waals surface area (Å²) in [4.78, 5) is 0. The van der Waals surface area contributed by atoms with Crippen molar-refractivity contribution in [1.82, 2.24) is 0 Å². The van der Waals surface area contributed by atoms with E-state index in [0.717, 1.165) is 46.7 Å². The van der Waals surface area contributed by atoms with E-state index in [-0.39, 0.29) is 12.1 Å². The number of fused-ring (bicyclic) bond motifs is 3. The maximum atomic E-state index is 6.23. The molecule has 2 aliphatic rings. The van der Waals surface area contributed by atoms with Gasteiger partial charge in [-0.15, -0.1) is 0 Å². The van der Waals surface area contributed by atoms with Crippen LogP contribution in [0.2, 0.25) is 0 Å². The third-order valence-electron chi connectivity index (χ3n) is 5.49. The normalized spacial score (nSPS) is 23.6. The van der Waals surface area contributed by atoms with Crippen LogP contribution < -0.4 is 19.5 Å². The molecule has 6 heteroatoms. The first-order valence-electron chi connectivity index (χ1n) is 9.13. The number of anilines is 1. The molecular weight excluding hydrogens is 410 g/mol. The quantitative estimate of drug-likeness (QED) is 0.725. The van der Waals surface area contributed by atoms with Crippen molar-refractivity contribution in [1.29, 1.82) is 0 Å². The molecule has 0 radical (unpaired) electrons. The summed E-state index contributed by atoms with van der Waals surface area (Å²) in [6, 6.07) is 10.4. The van der Waals surface area contributed by atoms with Crippen molar-refractivity contribution >= 4 is 21.6 Å². The molecule has 2 aliphatic heterocycles. The SMILES string of the molecule is COc1ccc2c(c1)[C@H]1OCCC[C@H]1C(c1cc(Br)c(OC)c(OC)c1)N2. The van der Waals surface area contributed by atoms with Gasteiger partial charge in [-0.05, 0) is 64.7 Å². The van der Waals surface area contributed by atoms with E-state index in [2.05, 4.69) is 45.5 Å². The van der Waals surface area contributed by atoms with E-state index in [1.807, 2.05) is 6.07 Å². The average molecular weight is 434 g/mol. The lowest BCUT2D eigenvalue weighted by Crippen LogP contribution is -2.36. The predicted octanol–water partition coefficient (Wildman–Crippen LogP) is 5.11. The molecule has 2 aromatic carbocycles. The monoisotopic (exact) mass is 433 g/mol. The summed E-state index contributed by atoms with van der Waals surface area (Å²) < 4.78 is 23.6. The number of benzene rings is 2. The van der Waals surface area contributed by atoms with Gasteiger partial charge in [-0.2, -0.15) is 0 Å². The molecule has 0 spiro atoms. The average Bonchev–Trinajstić information content (AvgIpc) is 2.72. The number of hydrogen-bond donors (Lipinski definition) is 1. The van der Waals surface area contributed by atoms with Gasteiger partial charge in [-0.25, -0.2) is 0 Å². The lowest BCUT2D eigenvalue weighted by atomic mass is 9.77. The minimum Gasteiger partial charge on any atom is -0.497 e. The Balaban J connectivity index is 1.78. The fourth-order valence-corrected chi connectivity index (χ4v) is 4.84. The van der Waals surface area contributed by atoms with Gasteiger partial charge in [0.25, 0.3) is 0 Å². The molecule has 1 unspecified atom stereocenters. The summed E-state index contributed by atoms with van der Waals surface area (Å²) >= 11 is 3.62. The van der Waals surface area contributed by atoms with Crippen molar-refractivity contribution in [3.63, 3.8) is 0 Å². The van der Waals surface area contributed by atoms with Crippen molar-refractivity contribution in [3.8, 4) is 17.2 Å². The standard InChI is InChI=1S/C21H24BrNO4/c1-24-13-6-7-17-15(11-13)20-14(5-4-8-27-20)19(23-17)12-9-16(22)21(26-3)18(10-12)25-2/h6-7,9-11,14,19-20,23H,4-5,8H2,1-3H3/t14-,19?,20-/m0/s1. The first-order valence-corrected chi connectivity index (χ1v) is 9.93. The van der Waals surface area contributed by atoms with Crippen LogP contribution >= 0.6 is 15.9 Å². The van der Waals surface area contributed by atoms with Crippen LogP contribution in [-0.4, -0.2) is 27.9 Å². The molecule has 1 fully saturated rings. The molecule has 3 atom stereocenters. The topological polar surface area (TPSA) is 49.0 Å². The zero-order valence-electron chi connectivity index (χ0n) is 15.8. The van der Waals surface area contributed by atoms with E-state index in [4.69, 9.17) is 18.9 Å². The molecular formula is C21H24BrNO4. The Bertz CT molecular complexity index is 841. The van der Waals surface area contributed by atoms with Gasteiger partial charge >= 0.3 is 0 Å². The molecule has 5 nitrogen and oxygen atoms in total. The first kappa shape index (κ1) is 18.4. The second kappa shape index (κ2) is 7.60. The summed E-state index contributed by atoms with van der Waals surface area (Å²) in [6.45, 7) is 0.792. The van der Waals surface area contributed by atoms with Crippen molar-refractivity contribution < 1.29 is 18.9 Å². The first-order chi connectivity index (χ1) is 13.2. The summed E-state index contributed by atoms with van der Waals surface area (Å²) in [5, 5.41) is 3.73. The molecule has 144 valence electrons. The van der Waals surface area contributed by atoms with Crippen LogP contribution in [0.25, 0.3) is 0 Å². The highest BCUT2D eigenvalue weighted by atomic mass is 79.9. The second-order valence-corrected chi connectivity index (χ2v) is 7.77. The van der Waals surface area contributed by atoms with Gasteiger partial charge in [0.1, 0.15) is 5.75 Å². The highest BCUT2D eigenvalue weighted by molar-refractivity contribution is 9.10. The second-order valence-electron chi connectivity index (χ2n) is 6.91. The number of nitrogens with one attached hydrogen (secondary N) is 1.